The quantitative estimate of drug-likeness (QED) is 0.323. The highest BCUT2D eigenvalue weighted by molar-refractivity contribution is 6.02. The second kappa shape index (κ2) is 14.4. The van der Waals surface area contributed by atoms with Gasteiger partial charge in [0.1, 0.15) is 18.1 Å². The van der Waals surface area contributed by atoms with E-state index in [0.717, 1.165) is 22.8 Å². The maximum atomic E-state index is 13.3. The van der Waals surface area contributed by atoms with Crippen LogP contribution in [0.15, 0.2) is 66.7 Å². The van der Waals surface area contributed by atoms with E-state index in [2.05, 4.69) is 20.7 Å². The van der Waals surface area contributed by atoms with Gasteiger partial charge >= 0.3 is 6.09 Å². The van der Waals surface area contributed by atoms with E-state index in [-0.39, 0.29) is 36.0 Å². The second-order valence-electron chi connectivity index (χ2n) is 12.2. The molecule has 0 aromatic heterocycles. The summed E-state index contributed by atoms with van der Waals surface area (Å²) in [7, 11) is 1.24. The number of amides is 5. The molecule has 0 saturated carbocycles. The molecule has 2 aliphatic heterocycles. The second-order valence-corrected chi connectivity index (χ2v) is 12.2. The minimum absolute atomic E-state index is 0.0559. The van der Waals surface area contributed by atoms with Gasteiger partial charge < -0.3 is 30.5 Å². The molecule has 2 heterocycles. The number of nitrogens with zero attached hydrogens (tertiary/aromatic N) is 2. The molecule has 5 rings (SSSR count). The van der Waals surface area contributed by atoms with Gasteiger partial charge in [0, 0.05) is 24.5 Å². The van der Waals surface area contributed by atoms with Gasteiger partial charge in [-0.15, -0.1) is 0 Å². The summed E-state index contributed by atoms with van der Waals surface area (Å²) in [6.45, 7) is 4.64. The van der Waals surface area contributed by atoms with Crippen molar-refractivity contribution in [3.05, 3.63) is 72.3 Å². The molecule has 11 heteroatoms. The summed E-state index contributed by atoms with van der Waals surface area (Å²) in [5, 5.41) is 10.2. The molecule has 3 unspecified atom stereocenters. The monoisotopic (exact) mass is 627 g/mol. The number of ether oxygens (including phenoxy) is 1. The van der Waals surface area contributed by atoms with E-state index in [9.17, 15) is 24.0 Å². The smallest absolute Gasteiger partial charge is 0.407 e. The van der Waals surface area contributed by atoms with Crippen LogP contribution < -0.4 is 16.0 Å². The van der Waals surface area contributed by atoms with Crippen LogP contribution in [0.25, 0.3) is 10.8 Å². The zero-order valence-corrected chi connectivity index (χ0v) is 26.5. The molecule has 3 aromatic carbocycles. The van der Waals surface area contributed by atoms with Crippen LogP contribution in [0.1, 0.15) is 45.1 Å². The number of carbonyl (C=O) groups excluding carboxylic acids is 5. The van der Waals surface area contributed by atoms with Crippen LogP contribution in [0.2, 0.25) is 0 Å². The highest BCUT2D eigenvalue weighted by Crippen LogP contribution is 2.27. The van der Waals surface area contributed by atoms with Gasteiger partial charge in [0.15, 0.2) is 0 Å². The Morgan fingerprint density at radius 1 is 0.783 bits per heavy atom. The zero-order valence-electron chi connectivity index (χ0n) is 26.5. The van der Waals surface area contributed by atoms with Crippen LogP contribution in [0.3, 0.4) is 0 Å². The molecular weight excluding hydrogens is 586 g/mol. The first kappa shape index (κ1) is 32.5. The van der Waals surface area contributed by atoms with Crippen molar-refractivity contribution in [2.45, 2.75) is 64.1 Å². The van der Waals surface area contributed by atoms with E-state index in [1.165, 1.54) is 12.0 Å². The Bertz CT molecular complexity index is 1610. The summed E-state index contributed by atoms with van der Waals surface area (Å²) >= 11 is 0. The molecule has 2 fully saturated rings. The Balaban J connectivity index is 1.21. The molecule has 11 nitrogen and oxygen atoms in total. The average molecular weight is 628 g/mol. The molecule has 2 saturated heterocycles. The number of carbonyl (C=O) groups is 5. The zero-order chi connectivity index (χ0) is 32.8. The van der Waals surface area contributed by atoms with Gasteiger partial charge in [0.25, 0.3) is 0 Å². The Morgan fingerprint density at radius 3 is 1.87 bits per heavy atom. The lowest BCUT2D eigenvalue weighted by Gasteiger charge is -2.30. The van der Waals surface area contributed by atoms with Crippen molar-refractivity contribution >= 4 is 51.9 Å². The van der Waals surface area contributed by atoms with Crippen molar-refractivity contribution in [3.63, 3.8) is 0 Å². The molecule has 3 N–H and O–H groups in total. The highest BCUT2D eigenvalue weighted by atomic mass is 16.5. The first-order valence-corrected chi connectivity index (χ1v) is 15.8. The molecule has 5 amide bonds. The summed E-state index contributed by atoms with van der Waals surface area (Å²) in [4.78, 5) is 67.9. The molecule has 3 aromatic rings. The normalized spacial score (nSPS) is 18.3. The molecule has 0 spiro atoms. The fraction of sp³-hybridized carbons (Fsp3) is 0.400. The van der Waals surface area contributed by atoms with E-state index in [1.54, 1.807) is 17.0 Å². The maximum Gasteiger partial charge on any atom is 0.407 e. The number of fused-ring (bicyclic) bond motifs is 1. The van der Waals surface area contributed by atoms with Gasteiger partial charge in [-0.3, -0.25) is 19.2 Å². The standard InChI is InChI=1S/C35H41N5O6/c1-22(2)31(38-35(45)46-3)34(44)40-18-8-12-29(40)33(43)37-27-16-14-24-20-26(15-13-25(24)21-27)36-32(42)28-11-7-17-39(28)30(41)19-23-9-5-4-6-10-23/h4-6,9-10,13-16,20-22,28-29,31H,7-8,11-12,17-19H2,1-3H3,(H,36,42)(H,37,43)(H,38,45). The fourth-order valence-electron chi connectivity index (χ4n) is 6.24. The topological polar surface area (TPSA) is 137 Å². The van der Waals surface area contributed by atoms with Crippen LogP contribution in [0.4, 0.5) is 16.2 Å². The van der Waals surface area contributed by atoms with Gasteiger partial charge in [0.2, 0.25) is 23.6 Å². The van der Waals surface area contributed by atoms with Crippen molar-refractivity contribution in [2.75, 3.05) is 30.8 Å². The van der Waals surface area contributed by atoms with Crippen molar-refractivity contribution in [1.29, 1.82) is 0 Å². The van der Waals surface area contributed by atoms with Crippen molar-refractivity contribution in [2.24, 2.45) is 5.92 Å². The first-order valence-electron chi connectivity index (χ1n) is 15.8. The van der Waals surface area contributed by atoms with Gasteiger partial charge in [-0.1, -0.05) is 56.3 Å². The van der Waals surface area contributed by atoms with Crippen molar-refractivity contribution in [1.82, 2.24) is 15.1 Å². The number of hydrogen-bond donors (Lipinski definition) is 3. The van der Waals surface area contributed by atoms with Crippen molar-refractivity contribution in [3.8, 4) is 0 Å². The average Bonchev–Trinajstić information content (AvgIpc) is 3.75. The predicted molar refractivity (Wildman–Crippen MR) is 175 cm³/mol. The summed E-state index contributed by atoms with van der Waals surface area (Å²) in [5.41, 5.74) is 2.13. The van der Waals surface area contributed by atoms with Crippen LogP contribution in [-0.4, -0.2) is 77.8 Å². The molecular formula is C35H41N5O6. The Kier molecular flexibility index (Phi) is 10.2. The third-order valence-corrected chi connectivity index (χ3v) is 8.68. The number of nitrogens with one attached hydrogen (secondary N) is 3. The number of anilines is 2. The maximum absolute atomic E-state index is 13.3. The lowest BCUT2D eigenvalue weighted by Crippen LogP contribution is -2.54. The van der Waals surface area contributed by atoms with Crippen LogP contribution in [-0.2, 0) is 30.3 Å². The Hall–Kier alpha value is -4.93. The Morgan fingerprint density at radius 2 is 1.33 bits per heavy atom. The van der Waals surface area contributed by atoms with E-state index >= 15 is 0 Å². The number of likely N-dealkylation sites (tertiary alicyclic amines) is 2. The van der Waals surface area contributed by atoms with Gasteiger partial charge in [0.05, 0.1) is 13.5 Å². The molecule has 3 atom stereocenters. The van der Waals surface area contributed by atoms with Crippen LogP contribution in [0.5, 0.6) is 0 Å². The molecule has 0 radical (unpaired) electrons. The summed E-state index contributed by atoms with van der Waals surface area (Å²) in [6, 6.07) is 18.6. The number of alkyl carbamates (subject to hydrolysis) is 1. The summed E-state index contributed by atoms with van der Waals surface area (Å²) < 4.78 is 4.68. The molecule has 242 valence electrons. The van der Waals surface area contributed by atoms with E-state index in [4.69, 9.17) is 0 Å². The third kappa shape index (κ3) is 7.47. The van der Waals surface area contributed by atoms with E-state index < -0.39 is 24.2 Å². The number of benzene rings is 3. The third-order valence-electron chi connectivity index (χ3n) is 8.68. The fourth-order valence-corrected chi connectivity index (χ4v) is 6.24. The first-order chi connectivity index (χ1) is 22.1. The largest absolute Gasteiger partial charge is 0.453 e. The molecule has 0 aliphatic carbocycles. The van der Waals surface area contributed by atoms with Crippen molar-refractivity contribution < 1.29 is 28.7 Å². The minimum Gasteiger partial charge on any atom is -0.453 e. The number of rotatable bonds is 9. The number of methoxy groups -OCH3 is 1. The summed E-state index contributed by atoms with van der Waals surface area (Å²) in [5.74, 6) is -1.06. The predicted octanol–water partition coefficient (Wildman–Crippen LogP) is 4.32. The Labute approximate surface area is 268 Å². The van der Waals surface area contributed by atoms with Gasteiger partial charge in [-0.2, -0.15) is 0 Å². The molecule has 2 aliphatic rings. The molecule has 0 bridgehead atoms. The van der Waals surface area contributed by atoms with Gasteiger partial charge in [-0.05, 0) is 72.2 Å². The number of hydrogen-bond acceptors (Lipinski definition) is 6. The summed E-state index contributed by atoms with van der Waals surface area (Å²) in [6.07, 6.45) is 2.17. The minimum atomic E-state index is -0.803. The SMILES string of the molecule is COC(=O)NC(C(=O)N1CCCC1C(=O)Nc1ccc2cc(NC(=O)C3CCCN3C(=O)Cc3ccccc3)ccc2c1)C(C)C. The van der Waals surface area contributed by atoms with Crippen LogP contribution >= 0.6 is 0 Å². The lowest BCUT2D eigenvalue weighted by atomic mass is 10.0. The highest BCUT2D eigenvalue weighted by Gasteiger charge is 2.39. The van der Waals surface area contributed by atoms with E-state index in [1.807, 2.05) is 68.4 Å². The van der Waals surface area contributed by atoms with E-state index in [0.29, 0.717) is 43.7 Å². The molecule has 46 heavy (non-hydrogen) atoms. The van der Waals surface area contributed by atoms with Gasteiger partial charge in [-0.25, -0.2) is 4.79 Å². The lowest BCUT2D eigenvalue weighted by molar-refractivity contribution is -0.139. The van der Waals surface area contributed by atoms with Crippen LogP contribution in [0, 0.1) is 5.92 Å².